The van der Waals surface area contributed by atoms with Crippen LogP contribution >= 0.6 is 11.6 Å². The van der Waals surface area contributed by atoms with Gasteiger partial charge in [-0.05, 0) is 55.3 Å². The summed E-state index contributed by atoms with van der Waals surface area (Å²) in [7, 11) is 1.90. The molecule has 1 atom stereocenters. The van der Waals surface area contributed by atoms with E-state index in [1.54, 1.807) is 12.3 Å². The average molecular weight is 279 g/mol. The molecule has 2 aromatic rings. The summed E-state index contributed by atoms with van der Waals surface area (Å²) >= 11 is 6.07. The van der Waals surface area contributed by atoms with Crippen LogP contribution in [0.4, 0.5) is 4.39 Å². The zero-order valence-electron chi connectivity index (χ0n) is 11.0. The van der Waals surface area contributed by atoms with E-state index in [0.717, 1.165) is 11.1 Å². The van der Waals surface area contributed by atoms with E-state index in [-0.39, 0.29) is 11.9 Å². The highest BCUT2D eigenvalue weighted by molar-refractivity contribution is 6.31. The SMILES string of the molecule is CNC(Cc1ccc(F)cc1Cl)c1cnccc1C. The van der Waals surface area contributed by atoms with Crippen molar-refractivity contribution in [3.8, 4) is 0 Å². The lowest BCUT2D eigenvalue weighted by atomic mass is 9.97. The van der Waals surface area contributed by atoms with Gasteiger partial charge in [0, 0.05) is 23.5 Å². The van der Waals surface area contributed by atoms with E-state index in [1.807, 2.05) is 26.2 Å². The molecule has 1 aromatic heterocycles. The van der Waals surface area contributed by atoms with Crippen LogP contribution < -0.4 is 5.32 Å². The van der Waals surface area contributed by atoms with Crippen LogP contribution in [0.5, 0.6) is 0 Å². The Kier molecular flexibility index (Phi) is 4.51. The van der Waals surface area contributed by atoms with E-state index in [1.165, 1.54) is 17.7 Å². The Morgan fingerprint density at radius 1 is 1.37 bits per heavy atom. The van der Waals surface area contributed by atoms with E-state index in [2.05, 4.69) is 10.3 Å². The summed E-state index contributed by atoms with van der Waals surface area (Å²) in [5.41, 5.74) is 3.23. The number of aromatic nitrogens is 1. The van der Waals surface area contributed by atoms with Crippen molar-refractivity contribution < 1.29 is 4.39 Å². The maximum absolute atomic E-state index is 13.0. The molecule has 0 spiro atoms. The van der Waals surface area contributed by atoms with Gasteiger partial charge in [-0.2, -0.15) is 0 Å². The Bertz CT molecular complexity index is 572. The standard InChI is InChI=1S/C15H16ClFN2/c1-10-5-6-19-9-13(10)15(18-2)7-11-3-4-12(17)8-14(11)16/h3-6,8-9,15,18H,7H2,1-2H3. The van der Waals surface area contributed by atoms with Crippen molar-refractivity contribution in [2.24, 2.45) is 0 Å². The molecule has 1 heterocycles. The van der Waals surface area contributed by atoms with Gasteiger partial charge in [0.2, 0.25) is 0 Å². The summed E-state index contributed by atoms with van der Waals surface area (Å²) in [5, 5.41) is 3.72. The Hall–Kier alpha value is -1.45. The second-order valence-electron chi connectivity index (χ2n) is 4.51. The smallest absolute Gasteiger partial charge is 0.124 e. The molecule has 0 saturated heterocycles. The molecule has 100 valence electrons. The highest BCUT2D eigenvalue weighted by atomic mass is 35.5. The molecule has 2 nitrogen and oxygen atoms in total. The lowest BCUT2D eigenvalue weighted by Gasteiger charge is -2.19. The van der Waals surface area contributed by atoms with Crippen LogP contribution in [0.1, 0.15) is 22.7 Å². The quantitative estimate of drug-likeness (QED) is 0.923. The van der Waals surface area contributed by atoms with Crippen molar-refractivity contribution in [2.45, 2.75) is 19.4 Å². The van der Waals surface area contributed by atoms with E-state index in [0.29, 0.717) is 11.4 Å². The number of hydrogen-bond donors (Lipinski definition) is 1. The first-order valence-corrected chi connectivity index (χ1v) is 6.51. The largest absolute Gasteiger partial charge is 0.313 e. The molecule has 1 unspecified atom stereocenters. The van der Waals surface area contributed by atoms with Crippen LogP contribution in [-0.4, -0.2) is 12.0 Å². The molecule has 0 radical (unpaired) electrons. The first-order chi connectivity index (χ1) is 9.11. The Morgan fingerprint density at radius 3 is 2.79 bits per heavy atom. The second-order valence-corrected chi connectivity index (χ2v) is 4.92. The van der Waals surface area contributed by atoms with Gasteiger partial charge in [0.05, 0.1) is 0 Å². The van der Waals surface area contributed by atoms with Gasteiger partial charge in [-0.3, -0.25) is 4.98 Å². The molecule has 1 aromatic carbocycles. The number of benzene rings is 1. The van der Waals surface area contributed by atoms with Crippen LogP contribution in [0.25, 0.3) is 0 Å². The van der Waals surface area contributed by atoms with Gasteiger partial charge in [-0.15, -0.1) is 0 Å². The Labute approximate surface area is 117 Å². The van der Waals surface area contributed by atoms with Crippen LogP contribution in [0.3, 0.4) is 0 Å². The molecule has 2 rings (SSSR count). The molecule has 0 fully saturated rings. The number of nitrogens with one attached hydrogen (secondary N) is 1. The minimum atomic E-state index is -0.313. The van der Waals surface area contributed by atoms with Crippen molar-refractivity contribution in [3.05, 3.63) is 64.2 Å². The molecule has 0 aliphatic rings. The van der Waals surface area contributed by atoms with Crippen molar-refractivity contribution in [3.63, 3.8) is 0 Å². The number of pyridine rings is 1. The molecule has 0 amide bonds. The normalized spacial score (nSPS) is 12.4. The molecule has 1 N–H and O–H groups in total. The zero-order chi connectivity index (χ0) is 13.8. The van der Waals surface area contributed by atoms with E-state index >= 15 is 0 Å². The highest BCUT2D eigenvalue weighted by Crippen LogP contribution is 2.25. The third kappa shape index (κ3) is 3.31. The number of likely N-dealkylation sites (N-methyl/N-ethyl adjacent to an activating group) is 1. The van der Waals surface area contributed by atoms with Crippen molar-refractivity contribution in [1.29, 1.82) is 0 Å². The van der Waals surface area contributed by atoms with Crippen LogP contribution in [0.15, 0.2) is 36.7 Å². The molecule has 0 aliphatic carbocycles. The maximum Gasteiger partial charge on any atom is 0.124 e. The van der Waals surface area contributed by atoms with Crippen molar-refractivity contribution >= 4 is 11.6 Å². The topological polar surface area (TPSA) is 24.9 Å². The summed E-state index contributed by atoms with van der Waals surface area (Å²) in [5.74, 6) is -0.313. The molecular weight excluding hydrogens is 263 g/mol. The summed E-state index contributed by atoms with van der Waals surface area (Å²) in [6, 6.07) is 6.60. The summed E-state index contributed by atoms with van der Waals surface area (Å²) in [4.78, 5) is 4.16. The molecule has 0 aliphatic heterocycles. The minimum Gasteiger partial charge on any atom is -0.313 e. The van der Waals surface area contributed by atoms with E-state index < -0.39 is 0 Å². The van der Waals surface area contributed by atoms with Crippen LogP contribution in [-0.2, 0) is 6.42 Å². The fourth-order valence-corrected chi connectivity index (χ4v) is 2.36. The number of rotatable bonds is 4. The summed E-state index contributed by atoms with van der Waals surface area (Å²) in [6.45, 7) is 2.05. The Balaban J connectivity index is 2.27. The highest BCUT2D eigenvalue weighted by Gasteiger charge is 2.14. The maximum atomic E-state index is 13.0. The average Bonchev–Trinajstić information content (AvgIpc) is 2.39. The minimum absolute atomic E-state index is 0.108. The van der Waals surface area contributed by atoms with Gasteiger partial charge < -0.3 is 5.32 Å². The Morgan fingerprint density at radius 2 is 2.16 bits per heavy atom. The summed E-state index contributed by atoms with van der Waals surface area (Å²) in [6.07, 6.45) is 4.33. The molecular formula is C15H16ClFN2. The first-order valence-electron chi connectivity index (χ1n) is 6.13. The van der Waals surface area contributed by atoms with Crippen molar-refractivity contribution in [2.75, 3.05) is 7.05 Å². The predicted molar refractivity (Wildman–Crippen MR) is 75.9 cm³/mol. The van der Waals surface area contributed by atoms with E-state index in [9.17, 15) is 4.39 Å². The zero-order valence-corrected chi connectivity index (χ0v) is 11.7. The molecule has 19 heavy (non-hydrogen) atoms. The predicted octanol–water partition coefficient (Wildman–Crippen LogP) is 3.69. The van der Waals surface area contributed by atoms with Gasteiger partial charge in [0.1, 0.15) is 5.82 Å². The fourth-order valence-electron chi connectivity index (χ4n) is 2.12. The number of hydrogen-bond acceptors (Lipinski definition) is 2. The molecule has 0 bridgehead atoms. The van der Waals surface area contributed by atoms with E-state index in [4.69, 9.17) is 11.6 Å². The number of nitrogens with zero attached hydrogens (tertiary/aromatic N) is 1. The second kappa shape index (κ2) is 6.13. The van der Waals surface area contributed by atoms with Gasteiger partial charge in [0.25, 0.3) is 0 Å². The number of aryl methyl sites for hydroxylation is 1. The first kappa shape index (κ1) is 14.0. The van der Waals surface area contributed by atoms with Crippen LogP contribution in [0.2, 0.25) is 5.02 Å². The molecule has 0 saturated carbocycles. The third-order valence-electron chi connectivity index (χ3n) is 3.24. The third-order valence-corrected chi connectivity index (χ3v) is 3.59. The lowest BCUT2D eigenvalue weighted by molar-refractivity contribution is 0.584. The van der Waals surface area contributed by atoms with Gasteiger partial charge in [0.15, 0.2) is 0 Å². The monoisotopic (exact) mass is 278 g/mol. The molecule has 4 heteroatoms. The number of halogens is 2. The van der Waals surface area contributed by atoms with Gasteiger partial charge in [-0.1, -0.05) is 17.7 Å². The summed E-state index contributed by atoms with van der Waals surface area (Å²) < 4.78 is 13.0. The van der Waals surface area contributed by atoms with Gasteiger partial charge >= 0.3 is 0 Å². The van der Waals surface area contributed by atoms with Crippen molar-refractivity contribution in [1.82, 2.24) is 10.3 Å². The van der Waals surface area contributed by atoms with Gasteiger partial charge in [-0.25, -0.2) is 4.39 Å². The lowest BCUT2D eigenvalue weighted by Crippen LogP contribution is -2.20. The fraction of sp³-hybridized carbons (Fsp3) is 0.267. The van der Waals surface area contributed by atoms with Crippen LogP contribution in [0, 0.1) is 12.7 Å².